The number of allylic oxidation sites excluding steroid dienone is 7. The summed E-state index contributed by atoms with van der Waals surface area (Å²) in [4.78, 5) is 16.8. The van der Waals surface area contributed by atoms with Crippen molar-refractivity contribution in [1.29, 1.82) is 0 Å². The van der Waals surface area contributed by atoms with Crippen LogP contribution < -0.4 is 57.9 Å². The molecule has 0 fully saturated rings. The van der Waals surface area contributed by atoms with Gasteiger partial charge in [0.05, 0.1) is 0 Å². The Morgan fingerprint density at radius 2 is 0.505 bits per heavy atom. The Hall–Kier alpha value is -4.96. The molecule has 0 unspecified atom stereocenters. The predicted octanol–water partition coefficient (Wildman–Crippen LogP) is 14.6. The van der Waals surface area contributed by atoms with Crippen LogP contribution in [0.2, 0.25) is 42.3 Å². The Bertz CT molecular complexity index is 3110. The van der Waals surface area contributed by atoms with Crippen molar-refractivity contribution in [2.45, 2.75) is 140 Å². The van der Waals surface area contributed by atoms with Crippen LogP contribution >= 0.6 is 0 Å². The average molecular weight is 1620 g/mol. The van der Waals surface area contributed by atoms with E-state index >= 15 is 0 Å². The summed E-state index contributed by atoms with van der Waals surface area (Å²) >= 11 is 0. The van der Waals surface area contributed by atoms with Gasteiger partial charge in [-0.1, -0.05) is 51.3 Å². The zero-order valence-electron chi connectivity index (χ0n) is 64.2. The van der Waals surface area contributed by atoms with E-state index in [1.807, 2.05) is 135 Å². The van der Waals surface area contributed by atoms with E-state index in [0.717, 1.165) is 79.0 Å². The summed E-state index contributed by atoms with van der Waals surface area (Å²) in [5.41, 5.74) is 5.90. The monoisotopic (exact) mass is 1620 g/mol. The molecule has 0 spiro atoms. The van der Waals surface area contributed by atoms with E-state index < -0.39 is 50.6 Å². The molecular formula is C83H128BrMgN2O12Si6-. The van der Waals surface area contributed by atoms with Crippen LogP contribution in [0.1, 0.15) is 97.9 Å². The average Bonchev–Trinajstić information content (AvgIpc) is 0.754. The number of benzene rings is 6. The summed E-state index contributed by atoms with van der Waals surface area (Å²) < 4.78 is 68.7. The molecule has 576 valence electrons. The van der Waals surface area contributed by atoms with Gasteiger partial charge >= 0.3 is 310 Å². The fraction of sp³-hybridized carbons (Fsp3) is 0.386. The second-order valence-electron chi connectivity index (χ2n) is 23.8. The number of rotatable bonds is 47. The van der Waals surface area contributed by atoms with Crippen LogP contribution in [0.15, 0.2) is 234 Å². The molecule has 0 amide bonds. The van der Waals surface area contributed by atoms with Crippen LogP contribution in [0, 0.1) is 6.92 Å². The molecule has 0 saturated carbocycles. The smallest absolute Gasteiger partial charge is 1.00 e. The number of anilines is 6. The molecule has 6 aromatic carbocycles. The van der Waals surface area contributed by atoms with Gasteiger partial charge in [-0.25, -0.2) is 19.6 Å². The number of nitrogens with zero attached hydrogens (tertiary/aromatic N) is 2. The first-order valence-corrected chi connectivity index (χ1v) is 49.0. The van der Waals surface area contributed by atoms with E-state index in [1.54, 1.807) is 0 Å². The van der Waals surface area contributed by atoms with E-state index in [9.17, 15) is 4.80 Å². The molecule has 0 aliphatic rings. The molecule has 0 saturated heterocycles. The zero-order valence-corrected chi connectivity index (χ0v) is 73.2. The summed E-state index contributed by atoms with van der Waals surface area (Å²) in [5, 5.41) is 6.18. The van der Waals surface area contributed by atoms with Crippen LogP contribution in [0.3, 0.4) is 0 Å². The summed E-state index contributed by atoms with van der Waals surface area (Å²) in [7, 11) is -17.5. The van der Waals surface area contributed by atoms with E-state index in [4.69, 9.17) is 48.7 Å². The minimum Gasteiger partial charge on any atom is -1.00 e. The molecule has 14 nitrogen and oxygen atoms in total. The van der Waals surface area contributed by atoms with Crippen molar-refractivity contribution in [1.82, 2.24) is 0 Å². The van der Waals surface area contributed by atoms with Gasteiger partial charge in [0.15, 0.2) is 0 Å². The van der Waals surface area contributed by atoms with Gasteiger partial charge in [-0.15, -0.1) is 26.3 Å². The Labute approximate surface area is 668 Å². The van der Waals surface area contributed by atoms with Crippen LogP contribution in [-0.2, 0) is 48.7 Å². The van der Waals surface area contributed by atoms with Gasteiger partial charge in [0, 0.05) is 92.1 Å². The Morgan fingerprint density at radius 3 is 0.667 bits per heavy atom. The normalized spacial score (nSPS) is 11.8. The fourth-order valence-corrected chi connectivity index (χ4v) is 31.1. The van der Waals surface area contributed by atoms with Crippen molar-refractivity contribution in [3.63, 3.8) is 0 Å². The van der Waals surface area contributed by atoms with Crippen molar-refractivity contribution in [2.75, 3.05) is 82.5 Å². The molecule has 6 aromatic rings. The Morgan fingerprint density at radius 1 is 0.324 bits per heavy atom. The summed E-state index contributed by atoms with van der Waals surface area (Å²) in [5.74, 6) is 0. The first-order chi connectivity index (χ1) is 48.8. The van der Waals surface area contributed by atoms with Crippen LogP contribution in [-0.4, -0.2) is 151 Å². The molecule has 22 heteroatoms. The largest absolute Gasteiger partial charge is 2.00 e. The maximum atomic E-state index is 12.3. The summed E-state index contributed by atoms with van der Waals surface area (Å²) in [6.07, 6.45) is 13.1. The van der Waals surface area contributed by atoms with Gasteiger partial charge in [0.2, 0.25) is 0 Å². The minimum absolute atomic E-state index is 0. The summed E-state index contributed by atoms with van der Waals surface area (Å²) in [6.45, 7) is 60.2. The molecule has 0 aromatic heterocycles. The third kappa shape index (κ3) is 25.6. The van der Waals surface area contributed by atoms with Crippen molar-refractivity contribution < 1.29 is 70.5 Å². The molecule has 6 rings (SSSR count). The van der Waals surface area contributed by atoms with E-state index in [-0.39, 0.29) is 54.9 Å². The molecule has 105 heavy (non-hydrogen) atoms. The molecule has 0 atom stereocenters. The number of hydrogen-bond acceptors (Lipinski definition) is 14. The van der Waals surface area contributed by atoms with Gasteiger partial charge in [-0.05, 0) is 113 Å². The third-order valence-corrected chi connectivity index (χ3v) is 40.8. The maximum Gasteiger partial charge on any atom is 2.00 e. The van der Waals surface area contributed by atoms with Gasteiger partial charge in [0.25, 0.3) is 0 Å². The first-order valence-electron chi connectivity index (χ1n) is 36.1. The Kier molecular flexibility index (Phi) is 48.3. The fourth-order valence-electron chi connectivity index (χ4n) is 13.1. The molecule has 0 bridgehead atoms. The second-order valence-corrected chi connectivity index (χ2v) is 44.7. The van der Waals surface area contributed by atoms with Gasteiger partial charge in [-0.2, -0.15) is 0 Å². The number of hydrogen-bond donors (Lipinski definition) is 1. The number of halogens is 1. The molecule has 0 aliphatic heterocycles. The molecular weight excluding hydrogens is 1490 g/mol. The van der Waals surface area contributed by atoms with E-state index in [0.29, 0.717) is 90.8 Å². The van der Waals surface area contributed by atoms with Crippen LogP contribution in [0.4, 0.5) is 34.1 Å². The molecule has 1 N–H and O–H groups in total. The topological polar surface area (TPSA) is 128 Å². The Balaban J connectivity index is 0.00000191. The van der Waals surface area contributed by atoms with Crippen molar-refractivity contribution >= 4 is 139 Å². The maximum absolute atomic E-state index is 12.3. The van der Waals surface area contributed by atoms with Crippen molar-refractivity contribution in [2.24, 2.45) is 0 Å². The van der Waals surface area contributed by atoms with Gasteiger partial charge < -0.3 is 61.7 Å². The van der Waals surface area contributed by atoms with Crippen molar-refractivity contribution in [3.05, 3.63) is 241 Å². The van der Waals surface area contributed by atoms with Crippen molar-refractivity contribution in [3.8, 4) is 0 Å². The predicted molar refractivity (Wildman–Crippen MR) is 460 cm³/mol. The van der Waals surface area contributed by atoms with E-state index in [1.165, 1.54) is 16.4 Å². The quantitative estimate of drug-likeness (QED) is 0.0221. The second kappa shape index (κ2) is 50.7. The van der Waals surface area contributed by atoms with Gasteiger partial charge in [-0.3, -0.25) is 0 Å². The zero-order chi connectivity index (χ0) is 74.5. The van der Waals surface area contributed by atoms with Gasteiger partial charge in [0.1, 0.15) is 0 Å². The standard InChI is InChI=1S/C42H58NO3Si3.C36H57NO9Si3.C3H5.2CH4.BrH.Mg/c1-10-31-47(32-11-2,45-16-7)40-25-19-37(20-26-40)43(38-21-27-41(28-22-38)48(33-12-3,34-13-4)46-17-8)39-23-29-42(30-24-39)49(44,18-9,35-14-5)36-15-6;1-10-38-47(39-11-2,40-12-3)34-25-19-31(20-26-34)37(32-21-27-35(28-22-32)48(41-13-4,42-14-5)43-15-6)33-23-29-36(30-24-33)49(44-16-7,45-17-8)46-18-9;1-3-2;;;;/h10-15,19-30,44H,1-6,16-18,31-36H2,7-9H3;19-30H,10-18H2,1-9H3;3H,1-2H2;2*1H4;1H;/q-1;;-1;;;;+2/p-1. The molecule has 0 radical (unpaired) electrons. The molecule has 0 aliphatic carbocycles. The van der Waals surface area contributed by atoms with E-state index in [2.05, 4.69) is 193 Å². The molecule has 0 heterocycles. The SMILES string of the molecule is C.C.C=CC[Si](CC=C)(OCC)c1ccc(N(c2ccc([Si](CC=C)(CC=C)OCC)cc2)c2ccc([Si-](O)(CC)(CC=C)CC=C)cc2)cc1.C=C[CH2-].CCO[Si](OCC)(OCC)c1ccc(N(c2ccc([Si](OCC)(OCC)OCC)cc2)c2ccc([Si](OCC)(OCC)OCC)cc2)cc1.[Br-].[Mg+2]. The minimum atomic E-state index is -3.57. The van der Waals surface area contributed by atoms with Crippen LogP contribution in [0.5, 0.6) is 0 Å². The third-order valence-electron chi connectivity index (χ3n) is 17.4. The first kappa shape index (κ1) is 100. The van der Waals surface area contributed by atoms with Crippen LogP contribution in [0.25, 0.3) is 0 Å². The summed E-state index contributed by atoms with van der Waals surface area (Å²) in [6, 6.07) is 56.0.